The van der Waals surface area contributed by atoms with Gasteiger partial charge < -0.3 is 19.3 Å². The second-order valence-electron chi connectivity index (χ2n) is 7.08. The predicted octanol–water partition coefficient (Wildman–Crippen LogP) is 3.86. The third kappa shape index (κ3) is 3.96. The molecule has 0 amide bonds. The summed E-state index contributed by atoms with van der Waals surface area (Å²) in [5.41, 5.74) is 1.23. The molecule has 0 fully saturated rings. The van der Waals surface area contributed by atoms with Crippen molar-refractivity contribution in [1.82, 2.24) is 19.5 Å². The molecule has 0 atom stereocenters. The summed E-state index contributed by atoms with van der Waals surface area (Å²) in [6.45, 7) is 1.26. The Labute approximate surface area is 192 Å². The molecule has 1 N–H and O–H groups in total. The first-order chi connectivity index (χ1) is 16.3. The Bertz CT molecular complexity index is 1360. The van der Waals surface area contributed by atoms with Crippen LogP contribution in [0, 0.1) is 0 Å². The number of rotatable bonds is 7. The molecule has 0 unspecified atom stereocenters. The van der Waals surface area contributed by atoms with Crippen LogP contribution in [0.5, 0.6) is 17.5 Å². The minimum absolute atomic E-state index is 0.147. The van der Waals surface area contributed by atoms with Gasteiger partial charge in [-0.15, -0.1) is 0 Å². The monoisotopic (exact) mass is 470 g/mol. The molecule has 4 aromatic heterocycles. The van der Waals surface area contributed by atoms with Crippen LogP contribution in [0.3, 0.4) is 0 Å². The summed E-state index contributed by atoms with van der Waals surface area (Å²) < 4.78 is 44.6. The zero-order chi connectivity index (χ0) is 24.5. The van der Waals surface area contributed by atoms with Crippen LogP contribution in [-0.4, -0.2) is 51.4 Å². The molecule has 0 spiro atoms. The number of aromatic nitrogens is 4. The van der Waals surface area contributed by atoms with Crippen molar-refractivity contribution >= 4 is 16.9 Å². The number of methoxy groups -OCH3 is 2. The number of hydrogen-bond acceptors (Lipinski definition) is 8. The highest BCUT2D eigenvalue weighted by Crippen LogP contribution is 2.34. The van der Waals surface area contributed by atoms with Gasteiger partial charge >= 0.3 is 11.9 Å². The summed E-state index contributed by atoms with van der Waals surface area (Å²) in [5, 5.41) is 11.1. The van der Waals surface area contributed by atoms with Gasteiger partial charge in [0, 0.05) is 18.0 Å². The van der Waals surface area contributed by atoms with Crippen molar-refractivity contribution in [3.8, 4) is 34.5 Å². The van der Waals surface area contributed by atoms with Gasteiger partial charge in [0.25, 0.3) is 5.88 Å². The summed E-state index contributed by atoms with van der Waals surface area (Å²) in [6.07, 6.45) is 4.25. The van der Waals surface area contributed by atoms with Gasteiger partial charge in [-0.2, -0.15) is 8.78 Å². The standard InChI is InChI=1S/C23H20F2N4O5/c1-4-34-22(31)23(24,25)19-8-5-14(11-26-19)29-12-17-15(21(29)30)6-7-16(28-17)13-9-18(32-2)20(33-3)27-10-13/h5-12,30H,4H2,1-3H3. The maximum Gasteiger partial charge on any atom is 0.384 e. The van der Waals surface area contributed by atoms with E-state index in [1.54, 1.807) is 30.6 Å². The van der Waals surface area contributed by atoms with E-state index in [0.717, 1.165) is 12.3 Å². The molecule has 0 radical (unpaired) electrons. The predicted molar refractivity (Wildman–Crippen MR) is 117 cm³/mol. The molecule has 34 heavy (non-hydrogen) atoms. The van der Waals surface area contributed by atoms with Crippen molar-refractivity contribution in [3.05, 3.63) is 54.6 Å². The quantitative estimate of drug-likeness (QED) is 0.406. The number of pyridine rings is 3. The zero-order valence-corrected chi connectivity index (χ0v) is 18.5. The Morgan fingerprint density at radius 3 is 2.56 bits per heavy atom. The number of fused-ring (bicyclic) bond motifs is 1. The molecule has 176 valence electrons. The summed E-state index contributed by atoms with van der Waals surface area (Å²) in [6, 6.07) is 7.43. The Morgan fingerprint density at radius 2 is 1.91 bits per heavy atom. The van der Waals surface area contributed by atoms with Crippen molar-refractivity contribution in [1.29, 1.82) is 0 Å². The molecule has 0 aliphatic carbocycles. The fourth-order valence-corrected chi connectivity index (χ4v) is 3.35. The number of alkyl halides is 2. The van der Waals surface area contributed by atoms with Crippen LogP contribution >= 0.6 is 0 Å². The van der Waals surface area contributed by atoms with Crippen molar-refractivity contribution in [2.45, 2.75) is 12.8 Å². The lowest BCUT2D eigenvalue weighted by molar-refractivity contribution is -0.173. The molecule has 0 bridgehead atoms. The second-order valence-corrected chi connectivity index (χ2v) is 7.08. The van der Waals surface area contributed by atoms with E-state index < -0.39 is 17.6 Å². The first-order valence-electron chi connectivity index (χ1n) is 10.1. The Kier molecular flexibility index (Phi) is 6.01. The molecule has 4 rings (SSSR count). The van der Waals surface area contributed by atoms with E-state index in [4.69, 9.17) is 9.47 Å². The summed E-state index contributed by atoms with van der Waals surface area (Å²) in [7, 11) is 2.99. The fourth-order valence-electron chi connectivity index (χ4n) is 3.35. The highest BCUT2D eigenvalue weighted by Gasteiger charge is 2.44. The third-order valence-corrected chi connectivity index (χ3v) is 5.05. The lowest BCUT2D eigenvalue weighted by atomic mass is 10.1. The molecule has 0 saturated carbocycles. The van der Waals surface area contributed by atoms with Crippen molar-refractivity contribution in [3.63, 3.8) is 0 Å². The van der Waals surface area contributed by atoms with Crippen molar-refractivity contribution in [2.75, 3.05) is 20.8 Å². The van der Waals surface area contributed by atoms with Gasteiger partial charge in [0.05, 0.1) is 49.3 Å². The first kappa shape index (κ1) is 22.9. The number of aromatic hydroxyl groups is 1. The van der Waals surface area contributed by atoms with E-state index in [1.807, 2.05) is 0 Å². The van der Waals surface area contributed by atoms with Crippen LogP contribution in [0.4, 0.5) is 8.78 Å². The Balaban J connectivity index is 1.69. The number of esters is 1. The van der Waals surface area contributed by atoms with Crippen molar-refractivity contribution in [2.24, 2.45) is 0 Å². The van der Waals surface area contributed by atoms with Crippen LogP contribution in [0.1, 0.15) is 12.6 Å². The average Bonchev–Trinajstić information content (AvgIpc) is 3.19. The van der Waals surface area contributed by atoms with Gasteiger partial charge in [-0.3, -0.25) is 9.55 Å². The largest absolute Gasteiger partial charge is 0.494 e. The smallest absolute Gasteiger partial charge is 0.384 e. The average molecular weight is 470 g/mol. The SMILES string of the molecule is CCOC(=O)C(F)(F)c1ccc(-n2cc3nc(-c4cnc(OC)c(OC)c4)ccc3c2O)cn1. The van der Waals surface area contributed by atoms with Crippen LogP contribution < -0.4 is 9.47 Å². The Hall–Kier alpha value is -4.28. The van der Waals surface area contributed by atoms with Gasteiger partial charge in [-0.05, 0) is 37.3 Å². The lowest BCUT2D eigenvalue weighted by Gasteiger charge is -2.14. The maximum absolute atomic E-state index is 14.2. The molecule has 4 heterocycles. The summed E-state index contributed by atoms with van der Waals surface area (Å²) in [4.78, 5) is 24.0. The molecule has 0 aliphatic rings. The number of ether oxygens (including phenoxy) is 3. The molecule has 0 saturated heterocycles. The zero-order valence-electron chi connectivity index (χ0n) is 18.5. The van der Waals surface area contributed by atoms with Gasteiger partial charge in [-0.1, -0.05) is 0 Å². The molecule has 4 aromatic rings. The maximum atomic E-state index is 14.2. The van der Waals surface area contributed by atoms with E-state index in [9.17, 15) is 18.7 Å². The van der Waals surface area contributed by atoms with Gasteiger partial charge in [0.2, 0.25) is 5.88 Å². The molecule has 0 aromatic carbocycles. The minimum Gasteiger partial charge on any atom is -0.494 e. The molecular formula is C23H20F2N4O5. The van der Waals surface area contributed by atoms with E-state index in [0.29, 0.717) is 39.5 Å². The molecule has 11 heteroatoms. The van der Waals surface area contributed by atoms with Crippen LogP contribution in [-0.2, 0) is 15.5 Å². The Morgan fingerprint density at radius 1 is 1.12 bits per heavy atom. The summed E-state index contributed by atoms with van der Waals surface area (Å²) >= 11 is 0. The van der Waals surface area contributed by atoms with Crippen LogP contribution in [0.25, 0.3) is 27.8 Å². The van der Waals surface area contributed by atoms with Gasteiger partial charge in [0.15, 0.2) is 5.75 Å². The highest BCUT2D eigenvalue weighted by atomic mass is 19.3. The topological polar surface area (TPSA) is 109 Å². The normalized spacial score (nSPS) is 11.4. The molecule has 9 nitrogen and oxygen atoms in total. The number of halogens is 2. The summed E-state index contributed by atoms with van der Waals surface area (Å²) in [5.74, 6) is -4.94. The second kappa shape index (κ2) is 8.93. The molecule has 0 aliphatic heterocycles. The number of nitrogens with zero attached hydrogens (tertiary/aromatic N) is 4. The van der Waals surface area contributed by atoms with Crippen LogP contribution in [0.2, 0.25) is 0 Å². The van der Waals surface area contributed by atoms with E-state index in [-0.39, 0.29) is 12.5 Å². The third-order valence-electron chi connectivity index (χ3n) is 5.05. The van der Waals surface area contributed by atoms with Crippen LogP contribution in [0.15, 0.2) is 48.9 Å². The van der Waals surface area contributed by atoms with Crippen molar-refractivity contribution < 1.29 is 32.9 Å². The van der Waals surface area contributed by atoms with E-state index in [2.05, 4.69) is 19.7 Å². The molecular weight excluding hydrogens is 450 g/mol. The van der Waals surface area contributed by atoms with Gasteiger partial charge in [0.1, 0.15) is 5.69 Å². The number of hydrogen-bond donors (Lipinski definition) is 1. The van der Waals surface area contributed by atoms with E-state index in [1.165, 1.54) is 31.8 Å². The number of carbonyl (C=O) groups excluding carboxylic acids is 1. The highest BCUT2D eigenvalue weighted by molar-refractivity contribution is 5.87. The van der Waals surface area contributed by atoms with E-state index >= 15 is 0 Å². The fraction of sp³-hybridized carbons (Fsp3) is 0.217. The lowest BCUT2D eigenvalue weighted by Crippen LogP contribution is -2.29. The minimum atomic E-state index is -3.89. The van der Waals surface area contributed by atoms with Gasteiger partial charge in [-0.25, -0.2) is 14.8 Å². The first-order valence-corrected chi connectivity index (χ1v) is 10.1. The number of carbonyl (C=O) groups is 1.